The van der Waals surface area contributed by atoms with E-state index in [4.69, 9.17) is 18.9 Å². The zero-order valence-corrected chi connectivity index (χ0v) is 29.7. The molecule has 5 rings (SSSR count). The third-order valence-corrected chi connectivity index (χ3v) is 9.24. The van der Waals surface area contributed by atoms with Crippen molar-refractivity contribution < 1.29 is 53.1 Å². The number of ether oxygens (including phenoxy) is 4. The van der Waals surface area contributed by atoms with E-state index in [-0.39, 0.29) is 41.3 Å². The summed E-state index contributed by atoms with van der Waals surface area (Å²) in [5.74, 6) is -3.58. The summed E-state index contributed by atoms with van der Waals surface area (Å²) in [4.78, 5) is 63.1. The molecule has 0 bridgehead atoms. The molecular formula is C39H42O11. The number of carbonyl (C=O) groups excluding carboxylic acids is 3. The van der Waals surface area contributed by atoms with E-state index in [2.05, 4.69) is 0 Å². The topological polar surface area (TPSA) is 163 Å². The summed E-state index contributed by atoms with van der Waals surface area (Å²) in [7, 11) is 0. The van der Waals surface area contributed by atoms with Crippen molar-refractivity contribution >= 4 is 29.8 Å². The minimum atomic E-state index is -1.48. The summed E-state index contributed by atoms with van der Waals surface area (Å²) in [6, 6.07) is 14.9. The molecule has 3 aromatic rings. The molecular weight excluding hydrogens is 644 g/mol. The summed E-state index contributed by atoms with van der Waals surface area (Å²) in [5.41, 5.74) is -2.65. The molecule has 2 N–H and O–H groups in total. The van der Waals surface area contributed by atoms with Gasteiger partial charge in [0.2, 0.25) is 0 Å². The van der Waals surface area contributed by atoms with Gasteiger partial charge in [0.25, 0.3) is 0 Å². The highest BCUT2D eigenvalue weighted by molar-refractivity contribution is 5.97. The fourth-order valence-electron chi connectivity index (χ4n) is 6.38. The number of benzene rings is 3. The van der Waals surface area contributed by atoms with Gasteiger partial charge in [-0.1, -0.05) is 32.9 Å². The molecule has 0 aliphatic carbocycles. The normalized spacial score (nSPS) is 16.8. The van der Waals surface area contributed by atoms with Gasteiger partial charge < -0.3 is 29.2 Å². The molecule has 50 heavy (non-hydrogen) atoms. The molecule has 1 atom stereocenters. The first kappa shape index (κ1) is 36.1. The van der Waals surface area contributed by atoms with Gasteiger partial charge in [0, 0.05) is 28.8 Å². The first-order valence-corrected chi connectivity index (χ1v) is 16.2. The molecule has 1 spiro atoms. The molecule has 0 saturated carbocycles. The fraction of sp³-hybridized carbons (Fsp3) is 0.410. The maximum Gasteiger partial charge on any atom is 0.340 e. The minimum Gasteiger partial charge on any atom is -0.481 e. The number of fused-ring (bicyclic) bond motifs is 6. The third kappa shape index (κ3) is 6.44. The van der Waals surface area contributed by atoms with Crippen molar-refractivity contribution in [2.75, 3.05) is 0 Å². The van der Waals surface area contributed by atoms with Crippen LogP contribution in [0, 0.1) is 16.2 Å². The van der Waals surface area contributed by atoms with Crippen LogP contribution in [0.15, 0.2) is 54.6 Å². The van der Waals surface area contributed by atoms with Gasteiger partial charge in [0.05, 0.1) is 28.2 Å². The van der Waals surface area contributed by atoms with E-state index >= 15 is 0 Å². The molecule has 1 unspecified atom stereocenters. The number of esters is 3. The lowest BCUT2D eigenvalue weighted by Crippen LogP contribution is -2.37. The molecule has 0 aromatic heterocycles. The molecule has 11 nitrogen and oxygen atoms in total. The molecule has 2 aliphatic rings. The monoisotopic (exact) mass is 686 g/mol. The van der Waals surface area contributed by atoms with Crippen molar-refractivity contribution in [3.63, 3.8) is 0 Å². The molecule has 0 fully saturated rings. The van der Waals surface area contributed by atoms with E-state index in [0.29, 0.717) is 22.3 Å². The van der Waals surface area contributed by atoms with Crippen LogP contribution in [0.4, 0.5) is 0 Å². The van der Waals surface area contributed by atoms with E-state index < -0.39 is 51.7 Å². The van der Waals surface area contributed by atoms with Crippen LogP contribution in [0.1, 0.15) is 108 Å². The molecule has 11 heteroatoms. The zero-order chi connectivity index (χ0) is 37.2. The summed E-state index contributed by atoms with van der Waals surface area (Å²) < 4.78 is 23.9. The lowest BCUT2D eigenvalue weighted by atomic mass is 9.75. The van der Waals surface area contributed by atoms with Gasteiger partial charge in [-0.05, 0) is 89.3 Å². The lowest BCUT2D eigenvalue weighted by Gasteiger charge is -2.37. The number of hydrogen-bond acceptors (Lipinski definition) is 9. The number of carboxylic acid groups (broad SMARTS) is 2. The Labute approximate surface area is 290 Å². The van der Waals surface area contributed by atoms with Gasteiger partial charge in [0.1, 0.15) is 23.0 Å². The van der Waals surface area contributed by atoms with Gasteiger partial charge in [-0.2, -0.15) is 0 Å². The maximum atomic E-state index is 13.6. The maximum absolute atomic E-state index is 13.6. The Kier molecular flexibility index (Phi) is 8.66. The predicted octanol–water partition coefficient (Wildman–Crippen LogP) is 7.39. The van der Waals surface area contributed by atoms with Crippen LogP contribution in [0.25, 0.3) is 0 Å². The summed E-state index contributed by atoms with van der Waals surface area (Å²) in [5, 5.41) is 19.1. The predicted molar refractivity (Wildman–Crippen MR) is 181 cm³/mol. The second-order valence-corrected chi connectivity index (χ2v) is 16.0. The van der Waals surface area contributed by atoms with Crippen molar-refractivity contribution in [1.82, 2.24) is 0 Å². The fourth-order valence-corrected chi connectivity index (χ4v) is 6.38. The minimum absolute atomic E-state index is 0.0144. The van der Waals surface area contributed by atoms with Crippen LogP contribution in [-0.4, -0.2) is 40.1 Å². The van der Waals surface area contributed by atoms with E-state index in [0.717, 1.165) is 5.56 Å². The van der Waals surface area contributed by atoms with Gasteiger partial charge in [-0.25, -0.2) is 4.79 Å². The Balaban J connectivity index is 1.59. The number of aliphatic carboxylic acids is 2. The molecule has 0 radical (unpaired) electrons. The summed E-state index contributed by atoms with van der Waals surface area (Å²) in [6.45, 7) is 15.3. The number of hydrogen-bond donors (Lipinski definition) is 2. The third-order valence-electron chi connectivity index (χ3n) is 9.24. The number of rotatable bonds is 9. The van der Waals surface area contributed by atoms with E-state index in [1.54, 1.807) is 32.0 Å². The van der Waals surface area contributed by atoms with E-state index in [1.165, 1.54) is 45.9 Å². The molecule has 264 valence electrons. The van der Waals surface area contributed by atoms with Gasteiger partial charge in [-0.15, -0.1) is 0 Å². The summed E-state index contributed by atoms with van der Waals surface area (Å²) in [6.07, 6.45) is -0.372. The molecule has 0 amide bonds. The first-order valence-electron chi connectivity index (χ1n) is 16.2. The van der Waals surface area contributed by atoms with Crippen LogP contribution in [0.5, 0.6) is 23.0 Å². The molecule has 0 saturated heterocycles. The van der Waals surface area contributed by atoms with Crippen LogP contribution in [0.2, 0.25) is 0 Å². The SMILES string of the molecule is CC(C)(CC(=O)Oc1ccc2c(c1)Oc1cc(OC(=O)C(C)(C)CC(C)(C)C(=O)O)ccc1C21OC(=O)c2cc(C(C)(C)C)ccc21)C(=O)O. The number of carbonyl (C=O) groups is 5. The Morgan fingerprint density at radius 2 is 1.20 bits per heavy atom. The van der Waals surface area contributed by atoms with Crippen LogP contribution >= 0.6 is 0 Å². The van der Waals surface area contributed by atoms with Crippen molar-refractivity contribution in [3.05, 3.63) is 82.4 Å². The standard InChI is InChI=1S/C39H42O11/c1-35(2,3)21-10-13-25-24(16-21)31(41)50-39(25)26-14-11-22(47-30(40)19-36(4,5)32(42)43)17-28(26)49-29-18-23(12-15-27(29)39)48-34(46)38(8,9)20-37(6,7)33(44)45/h10-18H,19-20H2,1-9H3,(H,42,43)(H,44,45). The Hall–Kier alpha value is -5.19. The van der Waals surface area contributed by atoms with Crippen molar-refractivity contribution in [3.8, 4) is 23.0 Å². The molecule has 2 heterocycles. The van der Waals surface area contributed by atoms with E-state index in [1.807, 2.05) is 39.0 Å². The van der Waals surface area contributed by atoms with Gasteiger partial charge >= 0.3 is 29.8 Å². The average molecular weight is 687 g/mol. The lowest BCUT2D eigenvalue weighted by molar-refractivity contribution is -0.153. The van der Waals surface area contributed by atoms with Crippen molar-refractivity contribution in [1.29, 1.82) is 0 Å². The smallest absolute Gasteiger partial charge is 0.340 e. The van der Waals surface area contributed by atoms with Crippen LogP contribution < -0.4 is 14.2 Å². The van der Waals surface area contributed by atoms with Gasteiger partial charge in [0.15, 0.2) is 5.60 Å². The van der Waals surface area contributed by atoms with Crippen molar-refractivity contribution in [2.24, 2.45) is 16.2 Å². The van der Waals surface area contributed by atoms with Gasteiger partial charge in [-0.3, -0.25) is 19.2 Å². The highest BCUT2D eigenvalue weighted by Crippen LogP contribution is 2.57. The number of carboxylic acids is 2. The van der Waals surface area contributed by atoms with Crippen LogP contribution in [0.3, 0.4) is 0 Å². The van der Waals surface area contributed by atoms with Crippen molar-refractivity contribution in [2.45, 2.75) is 86.2 Å². The first-order chi connectivity index (χ1) is 23.0. The highest BCUT2D eigenvalue weighted by Gasteiger charge is 2.54. The quantitative estimate of drug-likeness (QED) is 0.170. The summed E-state index contributed by atoms with van der Waals surface area (Å²) >= 11 is 0. The van der Waals surface area contributed by atoms with Crippen LogP contribution in [-0.2, 0) is 34.9 Å². The second-order valence-electron chi connectivity index (χ2n) is 16.0. The highest BCUT2D eigenvalue weighted by atomic mass is 16.6. The molecule has 3 aromatic carbocycles. The Morgan fingerprint density at radius 3 is 1.72 bits per heavy atom. The Bertz CT molecular complexity index is 1940. The molecule has 2 aliphatic heterocycles. The average Bonchev–Trinajstić information content (AvgIpc) is 3.27. The van der Waals surface area contributed by atoms with E-state index in [9.17, 15) is 34.2 Å². The largest absolute Gasteiger partial charge is 0.481 e. The zero-order valence-electron chi connectivity index (χ0n) is 29.7. The second kappa shape index (κ2) is 12.0. The Morgan fingerprint density at radius 1 is 0.680 bits per heavy atom.